The van der Waals surface area contributed by atoms with Gasteiger partial charge in [-0.15, -0.1) is 0 Å². The monoisotopic (exact) mass is 200 g/mol. The molecular formula is C11H12N4. The summed E-state index contributed by atoms with van der Waals surface area (Å²) in [6.45, 7) is 1.84. The number of H-pyrrole nitrogens is 1. The Labute approximate surface area is 87.7 Å². The number of imidazole rings is 1. The summed E-state index contributed by atoms with van der Waals surface area (Å²) < 4.78 is 0. The number of hydrogen-bond donors (Lipinski definition) is 1. The molecule has 2 aromatic rings. The maximum atomic E-state index is 4.52. The van der Waals surface area contributed by atoms with Crippen LogP contribution in [0.15, 0.2) is 29.3 Å². The van der Waals surface area contributed by atoms with Crippen LogP contribution in [0.3, 0.4) is 0 Å². The summed E-state index contributed by atoms with van der Waals surface area (Å²) in [5.41, 5.74) is 2.06. The van der Waals surface area contributed by atoms with Gasteiger partial charge in [0.05, 0.1) is 17.6 Å². The lowest BCUT2D eigenvalue weighted by molar-refractivity contribution is 0.554. The van der Waals surface area contributed by atoms with Crippen LogP contribution in [-0.2, 0) is 0 Å². The van der Waals surface area contributed by atoms with Gasteiger partial charge in [-0.2, -0.15) is 0 Å². The zero-order chi connectivity index (χ0) is 10.3. The molecule has 1 aliphatic rings. The minimum Gasteiger partial charge on any atom is -0.355 e. The SMILES string of the molecule is CN1CCN=C1c1nc2ccccc2[nH]1. The lowest BCUT2D eigenvalue weighted by Gasteiger charge is -2.10. The van der Waals surface area contributed by atoms with Crippen molar-refractivity contribution in [3.8, 4) is 0 Å². The minimum atomic E-state index is 0.864. The fraction of sp³-hybridized carbons (Fsp3) is 0.273. The van der Waals surface area contributed by atoms with Crippen LogP contribution >= 0.6 is 0 Å². The molecule has 2 heterocycles. The molecule has 0 spiro atoms. The number of aliphatic imine (C=N–C) groups is 1. The second-order valence-corrected chi connectivity index (χ2v) is 3.73. The molecule has 76 valence electrons. The Hall–Kier alpha value is -1.84. The zero-order valence-electron chi connectivity index (χ0n) is 8.57. The van der Waals surface area contributed by atoms with Crippen molar-refractivity contribution >= 4 is 16.9 Å². The van der Waals surface area contributed by atoms with Crippen LogP contribution in [0.4, 0.5) is 0 Å². The van der Waals surface area contributed by atoms with Crippen LogP contribution in [0.2, 0.25) is 0 Å². The standard InChI is InChI=1S/C11H12N4/c1-15-7-6-12-11(15)10-13-8-4-2-3-5-9(8)14-10/h2-5H,6-7H2,1H3,(H,13,14). The number of hydrogen-bond acceptors (Lipinski definition) is 3. The van der Waals surface area contributed by atoms with E-state index >= 15 is 0 Å². The number of nitrogens with one attached hydrogen (secondary N) is 1. The number of aromatic nitrogens is 2. The Morgan fingerprint density at radius 2 is 2.20 bits per heavy atom. The van der Waals surface area contributed by atoms with E-state index in [2.05, 4.69) is 19.9 Å². The predicted octanol–water partition coefficient (Wildman–Crippen LogP) is 1.25. The fourth-order valence-corrected chi connectivity index (χ4v) is 1.85. The number of aromatic amines is 1. The van der Waals surface area contributed by atoms with Crippen LogP contribution in [-0.4, -0.2) is 40.8 Å². The van der Waals surface area contributed by atoms with Gasteiger partial charge in [0.25, 0.3) is 0 Å². The summed E-state index contributed by atoms with van der Waals surface area (Å²) in [6.07, 6.45) is 0. The highest BCUT2D eigenvalue weighted by molar-refractivity contribution is 5.98. The first-order chi connectivity index (χ1) is 7.34. The molecule has 0 aliphatic carbocycles. The first-order valence-corrected chi connectivity index (χ1v) is 5.05. The summed E-state index contributed by atoms with van der Waals surface area (Å²) in [4.78, 5) is 14.4. The third kappa shape index (κ3) is 1.29. The third-order valence-electron chi connectivity index (χ3n) is 2.66. The van der Waals surface area contributed by atoms with E-state index in [1.54, 1.807) is 0 Å². The third-order valence-corrected chi connectivity index (χ3v) is 2.66. The van der Waals surface area contributed by atoms with E-state index in [0.717, 1.165) is 35.8 Å². The van der Waals surface area contributed by atoms with Crippen molar-refractivity contribution in [2.45, 2.75) is 0 Å². The molecule has 3 rings (SSSR count). The van der Waals surface area contributed by atoms with Gasteiger partial charge in [0.1, 0.15) is 0 Å². The van der Waals surface area contributed by atoms with Crippen LogP contribution in [0.5, 0.6) is 0 Å². The van der Waals surface area contributed by atoms with Crippen molar-refractivity contribution in [3.05, 3.63) is 30.1 Å². The summed E-state index contributed by atoms with van der Waals surface area (Å²) in [5.74, 6) is 1.84. The van der Waals surface area contributed by atoms with E-state index in [-0.39, 0.29) is 0 Å². The van der Waals surface area contributed by atoms with E-state index < -0.39 is 0 Å². The summed E-state index contributed by atoms with van der Waals surface area (Å²) in [6, 6.07) is 8.03. The molecule has 0 saturated heterocycles. The van der Waals surface area contributed by atoms with Crippen molar-refractivity contribution in [3.63, 3.8) is 0 Å². The fourth-order valence-electron chi connectivity index (χ4n) is 1.85. The van der Waals surface area contributed by atoms with Crippen LogP contribution < -0.4 is 0 Å². The minimum absolute atomic E-state index is 0.864. The van der Waals surface area contributed by atoms with Crippen LogP contribution in [0.25, 0.3) is 11.0 Å². The van der Waals surface area contributed by atoms with Crippen molar-refractivity contribution in [1.29, 1.82) is 0 Å². The second-order valence-electron chi connectivity index (χ2n) is 3.73. The molecule has 0 amide bonds. The average molecular weight is 200 g/mol. The molecule has 1 aromatic carbocycles. The number of para-hydroxylation sites is 2. The van der Waals surface area contributed by atoms with Crippen LogP contribution in [0, 0.1) is 0 Å². The molecule has 4 heteroatoms. The smallest absolute Gasteiger partial charge is 0.174 e. The normalized spacial score (nSPS) is 16.1. The highest BCUT2D eigenvalue weighted by Gasteiger charge is 2.17. The van der Waals surface area contributed by atoms with E-state index in [1.165, 1.54) is 0 Å². The summed E-state index contributed by atoms with van der Waals surface area (Å²) >= 11 is 0. The molecule has 1 aromatic heterocycles. The Morgan fingerprint density at radius 1 is 1.33 bits per heavy atom. The molecule has 0 fully saturated rings. The van der Waals surface area contributed by atoms with E-state index in [4.69, 9.17) is 0 Å². The number of amidine groups is 1. The summed E-state index contributed by atoms with van der Waals surface area (Å²) in [5, 5.41) is 0. The number of benzene rings is 1. The molecule has 1 aliphatic heterocycles. The van der Waals surface area contributed by atoms with Crippen molar-refractivity contribution in [2.24, 2.45) is 4.99 Å². The Bertz CT molecular complexity index is 493. The van der Waals surface area contributed by atoms with Gasteiger partial charge in [0.15, 0.2) is 11.7 Å². The van der Waals surface area contributed by atoms with Gasteiger partial charge in [0, 0.05) is 13.6 Å². The maximum Gasteiger partial charge on any atom is 0.174 e. The van der Waals surface area contributed by atoms with Crippen molar-refractivity contribution < 1.29 is 0 Å². The first-order valence-electron chi connectivity index (χ1n) is 5.05. The molecular weight excluding hydrogens is 188 g/mol. The average Bonchev–Trinajstić information content (AvgIpc) is 2.82. The molecule has 0 radical (unpaired) electrons. The number of nitrogens with zero attached hydrogens (tertiary/aromatic N) is 3. The molecule has 0 saturated carbocycles. The lowest BCUT2D eigenvalue weighted by atomic mass is 10.3. The highest BCUT2D eigenvalue weighted by atomic mass is 15.2. The van der Waals surface area contributed by atoms with Crippen LogP contribution in [0.1, 0.15) is 5.82 Å². The Balaban J connectivity index is 2.12. The van der Waals surface area contributed by atoms with Crippen molar-refractivity contribution in [1.82, 2.24) is 14.9 Å². The van der Waals surface area contributed by atoms with Gasteiger partial charge in [0.2, 0.25) is 0 Å². The number of likely N-dealkylation sites (N-methyl/N-ethyl adjacent to an activating group) is 1. The lowest BCUT2D eigenvalue weighted by Crippen LogP contribution is -2.24. The number of fused-ring (bicyclic) bond motifs is 1. The molecule has 15 heavy (non-hydrogen) atoms. The quantitative estimate of drug-likeness (QED) is 0.753. The molecule has 0 atom stereocenters. The molecule has 4 nitrogen and oxygen atoms in total. The highest BCUT2D eigenvalue weighted by Crippen LogP contribution is 2.13. The van der Waals surface area contributed by atoms with Gasteiger partial charge < -0.3 is 9.88 Å². The van der Waals surface area contributed by atoms with Gasteiger partial charge in [-0.25, -0.2) is 4.98 Å². The zero-order valence-corrected chi connectivity index (χ0v) is 8.57. The van der Waals surface area contributed by atoms with Gasteiger partial charge in [-0.1, -0.05) is 12.1 Å². The first kappa shape index (κ1) is 8.47. The molecule has 0 bridgehead atoms. The summed E-state index contributed by atoms with van der Waals surface area (Å²) in [7, 11) is 2.04. The molecule has 1 N–H and O–H groups in total. The Morgan fingerprint density at radius 3 is 2.93 bits per heavy atom. The van der Waals surface area contributed by atoms with E-state index in [0.29, 0.717) is 0 Å². The Kier molecular flexibility index (Phi) is 1.74. The maximum absolute atomic E-state index is 4.52. The largest absolute Gasteiger partial charge is 0.355 e. The van der Waals surface area contributed by atoms with Crippen molar-refractivity contribution in [2.75, 3.05) is 20.1 Å². The van der Waals surface area contributed by atoms with E-state index in [9.17, 15) is 0 Å². The van der Waals surface area contributed by atoms with Gasteiger partial charge in [-0.05, 0) is 12.1 Å². The second kappa shape index (κ2) is 3.08. The van der Waals surface area contributed by atoms with Gasteiger partial charge >= 0.3 is 0 Å². The van der Waals surface area contributed by atoms with Gasteiger partial charge in [-0.3, -0.25) is 4.99 Å². The topological polar surface area (TPSA) is 44.3 Å². The number of rotatable bonds is 1. The van der Waals surface area contributed by atoms with E-state index in [1.807, 2.05) is 31.3 Å². The molecule has 0 unspecified atom stereocenters. The predicted molar refractivity (Wildman–Crippen MR) is 60.1 cm³/mol.